The summed E-state index contributed by atoms with van der Waals surface area (Å²) in [7, 11) is 0. The van der Waals surface area contributed by atoms with Crippen LogP contribution in [0.15, 0.2) is 24.5 Å². The molecule has 2 aliphatic heterocycles. The Hall–Kier alpha value is -2.54. The number of hydrogen-bond donors (Lipinski definition) is 0. The molecular formula is C24H34N2O5. The summed E-state index contributed by atoms with van der Waals surface area (Å²) in [4.78, 5) is 27.4. The van der Waals surface area contributed by atoms with Crippen molar-refractivity contribution in [2.45, 2.75) is 66.9 Å². The molecule has 1 saturated heterocycles. The minimum atomic E-state index is -0.469. The number of carbonyl (C=O) groups excluding carboxylic acids is 2. The third-order valence-corrected chi connectivity index (χ3v) is 6.29. The molecule has 0 amide bonds. The SMILES string of the molecule is CC(=O)OCC1OC(N2C=CN(c3c(C)cc(C)cc3C)C2)[C@@H](OC(C)=O)[C@@H](C)[C@@H]1C. The van der Waals surface area contributed by atoms with Crippen molar-refractivity contribution in [2.75, 3.05) is 18.2 Å². The van der Waals surface area contributed by atoms with Crippen molar-refractivity contribution >= 4 is 17.6 Å². The van der Waals surface area contributed by atoms with E-state index in [1.165, 1.54) is 36.2 Å². The minimum absolute atomic E-state index is 0.0357. The van der Waals surface area contributed by atoms with Crippen LogP contribution in [0.25, 0.3) is 0 Å². The van der Waals surface area contributed by atoms with Crippen LogP contribution in [0.5, 0.6) is 0 Å². The van der Waals surface area contributed by atoms with Crippen molar-refractivity contribution in [1.29, 1.82) is 0 Å². The van der Waals surface area contributed by atoms with Gasteiger partial charge in [-0.05, 0) is 37.8 Å². The van der Waals surface area contributed by atoms with Crippen molar-refractivity contribution in [3.63, 3.8) is 0 Å². The fourth-order valence-corrected chi connectivity index (χ4v) is 4.66. The zero-order chi connectivity index (χ0) is 22.9. The van der Waals surface area contributed by atoms with Crippen LogP contribution < -0.4 is 4.90 Å². The molecule has 2 unspecified atom stereocenters. The molecule has 31 heavy (non-hydrogen) atoms. The van der Waals surface area contributed by atoms with E-state index in [9.17, 15) is 9.59 Å². The van der Waals surface area contributed by atoms with Gasteiger partial charge in [-0.1, -0.05) is 31.5 Å². The Kier molecular flexibility index (Phi) is 6.94. The van der Waals surface area contributed by atoms with E-state index in [0.717, 1.165) is 0 Å². The van der Waals surface area contributed by atoms with E-state index < -0.39 is 12.3 Å². The van der Waals surface area contributed by atoms with Gasteiger partial charge in [0, 0.05) is 37.9 Å². The molecule has 170 valence electrons. The molecule has 0 aromatic heterocycles. The van der Waals surface area contributed by atoms with Gasteiger partial charge < -0.3 is 24.0 Å². The summed E-state index contributed by atoms with van der Waals surface area (Å²) in [5.41, 5.74) is 4.82. The Morgan fingerprint density at radius 3 is 2.26 bits per heavy atom. The molecule has 2 aliphatic rings. The second-order valence-electron chi connectivity index (χ2n) is 8.83. The first kappa shape index (κ1) is 23.1. The maximum Gasteiger partial charge on any atom is 0.303 e. The number of ether oxygens (including phenoxy) is 3. The number of nitrogens with zero attached hydrogens (tertiary/aromatic N) is 2. The van der Waals surface area contributed by atoms with Gasteiger partial charge in [-0.2, -0.15) is 0 Å². The third-order valence-electron chi connectivity index (χ3n) is 6.29. The van der Waals surface area contributed by atoms with Gasteiger partial charge in [-0.25, -0.2) is 0 Å². The zero-order valence-corrected chi connectivity index (χ0v) is 19.5. The summed E-state index contributed by atoms with van der Waals surface area (Å²) in [6, 6.07) is 4.35. The molecule has 3 rings (SSSR count). The number of esters is 2. The fraction of sp³-hybridized carbons (Fsp3) is 0.583. The van der Waals surface area contributed by atoms with Crippen molar-refractivity contribution in [1.82, 2.24) is 4.90 Å². The second-order valence-corrected chi connectivity index (χ2v) is 8.83. The summed E-state index contributed by atoms with van der Waals surface area (Å²) in [6.45, 7) is 14.0. The van der Waals surface area contributed by atoms with Crippen molar-refractivity contribution in [3.8, 4) is 0 Å². The molecule has 7 heteroatoms. The molecular weight excluding hydrogens is 396 g/mol. The van der Waals surface area contributed by atoms with Crippen LogP contribution in [0.2, 0.25) is 0 Å². The van der Waals surface area contributed by atoms with Crippen LogP contribution in [-0.2, 0) is 23.8 Å². The highest BCUT2D eigenvalue weighted by Crippen LogP contribution is 2.37. The number of hydrogen-bond acceptors (Lipinski definition) is 7. The fourth-order valence-electron chi connectivity index (χ4n) is 4.66. The van der Waals surface area contributed by atoms with Crippen LogP contribution in [0.3, 0.4) is 0 Å². The van der Waals surface area contributed by atoms with E-state index in [1.54, 1.807) is 0 Å². The smallest absolute Gasteiger partial charge is 0.303 e. The average molecular weight is 431 g/mol. The highest BCUT2D eigenvalue weighted by atomic mass is 16.6. The van der Waals surface area contributed by atoms with Gasteiger partial charge >= 0.3 is 11.9 Å². The molecule has 0 spiro atoms. The van der Waals surface area contributed by atoms with Gasteiger partial charge in [0.05, 0.1) is 12.8 Å². The monoisotopic (exact) mass is 430 g/mol. The normalized spacial score (nSPS) is 28.0. The largest absolute Gasteiger partial charge is 0.463 e. The number of aryl methyl sites for hydroxylation is 3. The van der Waals surface area contributed by atoms with Gasteiger partial charge in [0.2, 0.25) is 0 Å². The molecule has 0 saturated carbocycles. The summed E-state index contributed by atoms with van der Waals surface area (Å²) >= 11 is 0. The van der Waals surface area contributed by atoms with Gasteiger partial charge in [0.1, 0.15) is 12.7 Å². The maximum atomic E-state index is 11.8. The van der Waals surface area contributed by atoms with Crippen LogP contribution in [0.1, 0.15) is 44.4 Å². The van der Waals surface area contributed by atoms with Gasteiger partial charge in [0.15, 0.2) is 6.23 Å². The quantitative estimate of drug-likeness (QED) is 0.661. The van der Waals surface area contributed by atoms with E-state index in [4.69, 9.17) is 14.2 Å². The van der Waals surface area contributed by atoms with Crippen molar-refractivity contribution in [2.24, 2.45) is 11.8 Å². The molecule has 7 nitrogen and oxygen atoms in total. The molecule has 5 atom stereocenters. The first-order valence-electron chi connectivity index (χ1n) is 10.8. The lowest BCUT2D eigenvalue weighted by atomic mass is 9.83. The summed E-state index contributed by atoms with van der Waals surface area (Å²) in [5.74, 6) is -0.571. The second kappa shape index (κ2) is 9.30. The highest BCUT2D eigenvalue weighted by molar-refractivity contribution is 5.66. The van der Waals surface area contributed by atoms with Crippen molar-refractivity contribution in [3.05, 3.63) is 41.2 Å². The molecule has 0 bridgehead atoms. The molecule has 0 radical (unpaired) electrons. The first-order chi connectivity index (χ1) is 14.6. The molecule has 0 N–H and O–H groups in total. The lowest BCUT2D eigenvalue weighted by molar-refractivity contribution is -0.231. The van der Waals surface area contributed by atoms with Gasteiger partial charge in [-0.3, -0.25) is 9.59 Å². The molecule has 1 aromatic rings. The molecule has 0 aliphatic carbocycles. The predicted molar refractivity (Wildman–Crippen MR) is 118 cm³/mol. The van der Waals surface area contributed by atoms with Crippen LogP contribution >= 0.6 is 0 Å². The standard InChI is InChI=1S/C24H34N2O5/c1-14-10-15(2)22(16(3)11-14)25-8-9-26(13-25)24-23(30-20(7)28)18(5)17(4)21(31-24)12-29-19(6)27/h8-11,17-18,21,23-24H,12-13H2,1-7H3/t17-,18-,21?,23-,24?/m0/s1. The molecule has 2 heterocycles. The van der Waals surface area contributed by atoms with Crippen molar-refractivity contribution < 1.29 is 23.8 Å². The molecule has 1 aromatic carbocycles. The maximum absolute atomic E-state index is 11.8. The Morgan fingerprint density at radius 2 is 1.68 bits per heavy atom. The number of benzene rings is 1. The number of carbonyl (C=O) groups is 2. The Bertz CT molecular complexity index is 843. The van der Waals surface area contributed by atoms with Crippen LogP contribution in [0, 0.1) is 32.6 Å². The van der Waals surface area contributed by atoms with E-state index in [0.29, 0.717) is 6.67 Å². The highest BCUT2D eigenvalue weighted by Gasteiger charge is 2.46. The van der Waals surface area contributed by atoms with Gasteiger partial charge in [0.25, 0.3) is 0 Å². The van der Waals surface area contributed by atoms with E-state index in [-0.39, 0.29) is 36.5 Å². The summed E-state index contributed by atoms with van der Waals surface area (Å²) < 4.78 is 17.3. The first-order valence-corrected chi connectivity index (χ1v) is 10.8. The Balaban J connectivity index is 1.83. The Morgan fingerprint density at radius 1 is 1.03 bits per heavy atom. The van der Waals surface area contributed by atoms with Crippen LogP contribution in [-0.4, -0.2) is 48.5 Å². The number of rotatable bonds is 5. The van der Waals surface area contributed by atoms with E-state index in [2.05, 4.69) is 49.6 Å². The topological polar surface area (TPSA) is 68.3 Å². The molecule has 1 fully saturated rings. The lowest BCUT2D eigenvalue weighted by Gasteiger charge is -2.46. The third kappa shape index (κ3) is 5.03. The predicted octanol–water partition coefficient (Wildman–Crippen LogP) is 3.65. The van der Waals surface area contributed by atoms with Gasteiger partial charge in [-0.15, -0.1) is 0 Å². The zero-order valence-electron chi connectivity index (χ0n) is 19.5. The Labute approximate surface area is 184 Å². The van der Waals surface area contributed by atoms with Crippen LogP contribution in [0.4, 0.5) is 5.69 Å². The van der Waals surface area contributed by atoms with E-state index >= 15 is 0 Å². The summed E-state index contributed by atoms with van der Waals surface area (Å²) in [6.07, 6.45) is 2.84. The van der Waals surface area contributed by atoms with E-state index in [1.807, 2.05) is 19.3 Å². The number of anilines is 1. The summed E-state index contributed by atoms with van der Waals surface area (Å²) in [5, 5.41) is 0. The lowest BCUT2D eigenvalue weighted by Crippen LogP contribution is -2.58. The minimum Gasteiger partial charge on any atom is -0.463 e. The average Bonchev–Trinajstić information content (AvgIpc) is 3.13.